The molecular formula is C14H15FN2O3. The summed E-state index contributed by atoms with van der Waals surface area (Å²) in [6.07, 6.45) is 0.0668. The van der Waals surface area contributed by atoms with Crippen LogP contribution in [0, 0.1) is 23.1 Å². The van der Waals surface area contributed by atoms with Gasteiger partial charge in [0, 0.05) is 12.3 Å². The Morgan fingerprint density at radius 2 is 2.10 bits per heavy atom. The Bertz CT molecular complexity index is 539. The molecule has 0 saturated heterocycles. The van der Waals surface area contributed by atoms with Crippen molar-refractivity contribution in [2.24, 2.45) is 5.92 Å². The zero-order valence-corrected chi connectivity index (χ0v) is 11.2. The van der Waals surface area contributed by atoms with E-state index in [1.807, 2.05) is 6.07 Å². The second kappa shape index (κ2) is 7.24. The molecule has 1 rings (SSSR count). The van der Waals surface area contributed by atoms with Crippen LogP contribution in [0.4, 0.5) is 4.39 Å². The second-order valence-electron chi connectivity index (χ2n) is 4.29. The third kappa shape index (κ3) is 3.79. The summed E-state index contributed by atoms with van der Waals surface area (Å²) in [6, 6.07) is 6.37. The molecule has 2 atom stereocenters. The first-order valence-electron chi connectivity index (χ1n) is 6.01. The fraction of sp³-hybridized carbons (Fsp3) is 0.357. The number of hydrogen-bond donors (Lipinski definition) is 1. The lowest BCUT2D eigenvalue weighted by Gasteiger charge is -2.21. The molecule has 0 aliphatic rings. The molecule has 106 valence electrons. The number of carbonyl (C=O) groups is 2. The highest BCUT2D eigenvalue weighted by Crippen LogP contribution is 2.12. The zero-order chi connectivity index (χ0) is 15.1. The summed E-state index contributed by atoms with van der Waals surface area (Å²) in [5.41, 5.74) is -0.162. The topological polar surface area (TPSA) is 79.2 Å². The van der Waals surface area contributed by atoms with Crippen molar-refractivity contribution in [2.75, 3.05) is 7.11 Å². The summed E-state index contributed by atoms with van der Waals surface area (Å²) in [5, 5.41) is 11.1. The average molecular weight is 278 g/mol. The summed E-state index contributed by atoms with van der Waals surface area (Å²) in [7, 11) is 1.18. The van der Waals surface area contributed by atoms with E-state index in [1.54, 1.807) is 6.92 Å². The van der Waals surface area contributed by atoms with Crippen molar-refractivity contribution in [3.05, 3.63) is 35.6 Å². The van der Waals surface area contributed by atoms with Crippen LogP contribution in [0.2, 0.25) is 0 Å². The highest BCUT2D eigenvalue weighted by Gasteiger charge is 2.28. The van der Waals surface area contributed by atoms with Crippen LogP contribution in [-0.2, 0) is 9.53 Å². The van der Waals surface area contributed by atoms with E-state index in [0.29, 0.717) is 0 Å². The largest absolute Gasteiger partial charge is 0.467 e. The fourth-order valence-corrected chi connectivity index (χ4v) is 1.69. The van der Waals surface area contributed by atoms with Crippen LogP contribution in [-0.4, -0.2) is 25.0 Å². The molecule has 1 aromatic rings. The molecule has 0 aliphatic carbocycles. The van der Waals surface area contributed by atoms with Gasteiger partial charge in [-0.15, -0.1) is 0 Å². The van der Waals surface area contributed by atoms with Crippen LogP contribution in [0.25, 0.3) is 0 Å². The number of amides is 1. The Labute approximate surface area is 116 Å². The van der Waals surface area contributed by atoms with Crippen molar-refractivity contribution in [2.45, 2.75) is 19.4 Å². The van der Waals surface area contributed by atoms with Crippen LogP contribution in [0.15, 0.2) is 24.3 Å². The predicted octanol–water partition coefficient (Wildman–Crippen LogP) is 1.65. The third-order valence-corrected chi connectivity index (χ3v) is 2.84. The molecule has 1 N–H and O–H groups in total. The van der Waals surface area contributed by atoms with Gasteiger partial charge in [-0.05, 0) is 12.1 Å². The molecule has 5 nitrogen and oxygen atoms in total. The van der Waals surface area contributed by atoms with E-state index in [4.69, 9.17) is 5.26 Å². The summed E-state index contributed by atoms with van der Waals surface area (Å²) in [5.74, 6) is -2.51. The van der Waals surface area contributed by atoms with E-state index >= 15 is 0 Å². The standard InChI is InChI=1S/C14H15FN2O3/c1-9(7-8-16)12(14(19)20-2)17-13(18)10-5-3-4-6-11(10)15/h3-6,9,12H,7H2,1-2H3,(H,17,18)/t9-,12-/m1/s1. The van der Waals surface area contributed by atoms with Crippen LogP contribution in [0.1, 0.15) is 23.7 Å². The Kier molecular flexibility index (Phi) is 5.66. The summed E-state index contributed by atoms with van der Waals surface area (Å²) in [6.45, 7) is 1.63. The van der Waals surface area contributed by atoms with Crippen LogP contribution in [0.3, 0.4) is 0 Å². The number of ether oxygens (including phenoxy) is 1. The average Bonchev–Trinajstić information content (AvgIpc) is 2.44. The Morgan fingerprint density at radius 3 is 2.65 bits per heavy atom. The van der Waals surface area contributed by atoms with Crippen molar-refractivity contribution in [3.8, 4) is 6.07 Å². The number of nitrogens with one attached hydrogen (secondary N) is 1. The molecule has 1 aromatic carbocycles. The SMILES string of the molecule is COC(=O)[C@H](NC(=O)c1ccccc1F)[C@H](C)CC#N. The number of nitriles is 1. The van der Waals surface area contributed by atoms with Crippen molar-refractivity contribution in [1.82, 2.24) is 5.32 Å². The predicted molar refractivity (Wildman–Crippen MR) is 69.1 cm³/mol. The van der Waals surface area contributed by atoms with Crippen LogP contribution >= 0.6 is 0 Å². The molecule has 0 bridgehead atoms. The highest BCUT2D eigenvalue weighted by atomic mass is 19.1. The highest BCUT2D eigenvalue weighted by molar-refractivity contribution is 5.97. The van der Waals surface area contributed by atoms with Gasteiger partial charge >= 0.3 is 5.97 Å². The van der Waals surface area contributed by atoms with E-state index in [-0.39, 0.29) is 12.0 Å². The molecule has 6 heteroatoms. The number of esters is 1. The minimum absolute atomic E-state index is 0.0668. The second-order valence-corrected chi connectivity index (χ2v) is 4.29. The Balaban J connectivity index is 2.90. The molecule has 0 heterocycles. The number of methoxy groups -OCH3 is 1. The molecule has 0 aliphatic heterocycles. The fourth-order valence-electron chi connectivity index (χ4n) is 1.69. The lowest BCUT2D eigenvalue weighted by molar-refractivity contribution is -0.144. The molecule has 20 heavy (non-hydrogen) atoms. The minimum atomic E-state index is -0.994. The van der Waals surface area contributed by atoms with E-state index in [2.05, 4.69) is 10.1 Å². The van der Waals surface area contributed by atoms with Gasteiger partial charge in [-0.25, -0.2) is 9.18 Å². The van der Waals surface area contributed by atoms with Crippen molar-refractivity contribution < 1.29 is 18.7 Å². The Hall–Kier alpha value is -2.42. The van der Waals surface area contributed by atoms with Gasteiger partial charge in [0.25, 0.3) is 5.91 Å². The van der Waals surface area contributed by atoms with Gasteiger partial charge in [0.1, 0.15) is 11.9 Å². The molecule has 0 radical (unpaired) electrons. The van der Waals surface area contributed by atoms with Gasteiger partial charge in [-0.2, -0.15) is 5.26 Å². The number of carbonyl (C=O) groups excluding carboxylic acids is 2. The lowest BCUT2D eigenvalue weighted by atomic mass is 9.98. The number of nitrogens with zero attached hydrogens (tertiary/aromatic N) is 1. The third-order valence-electron chi connectivity index (χ3n) is 2.84. The molecule has 0 unspecified atom stereocenters. The smallest absolute Gasteiger partial charge is 0.328 e. The van der Waals surface area contributed by atoms with Crippen LogP contribution < -0.4 is 5.32 Å². The van der Waals surface area contributed by atoms with Crippen molar-refractivity contribution in [3.63, 3.8) is 0 Å². The van der Waals surface area contributed by atoms with E-state index in [0.717, 1.165) is 6.07 Å². The first-order chi connectivity index (χ1) is 9.51. The summed E-state index contributed by atoms with van der Waals surface area (Å²) < 4.78 is 18.1. The van der Waals surface area contributed by atoms with Gasteiger partial charge in [-0.1, -0.05) is 19.1 Å². The first-order valence-corrected chi connectivity index (χ1v) is 6.01. The number of halogens is 1. The normalized spacial score (nSPS) is 12.9. The maximum absolute atomic E-state index is 13.5. The number of rotatable bonds is 5. The van der Waals surface area contributed by atoms with Gasteiger partial charge in [0.05, 0.1) is 18.7 Å². The molecule has 0 saturated carbocycles. The summed E-state index contributed by atoms with van der Waals surface area (Å²) in [4.78, 5) is 23.6. The van der Waals surface area contributed by atoms with Gasteiger partial charge < -0.3 is 10.1 Å². The van der Waals surface area contributed by atoms with E-state index in [1.165, 1.54) is 25.3 Å². The van der Waals surface area contributed by atoms with Crippen molar-refractivity contribution in [1.29, 1.82) is 5.26 Å². The van der Waals surface area contributed by atoms with Gasteiger partial charge in [0.15, 0.2) is 0 Å². The molecular weight excluding hydrogens is 263 g/mol. The van der Waals surface area contributed by atoms with E-state index in [9.17, 15) is 14.0 Å². The maximum atomic E-state index is 13.5. The summed E-state index contributed by atoms with van der Waals surface area (Å²) >= 11 is 0. The molecule has 0 spiro atoms. The molecule has 1 amide bonds. The van der Waals surface area contributed by atoms with E-state index < -0.39 is 29.7 Å². The number of benzene rings is 1. The first kappa shape index (κ1) is 15.6. The van der Waals surface area contributed by atoms with Crippen molar-refractivity contribution >= 4 is 11.9 Å². The lowest BCUT2D eigenvalue weighted by Crippen LogP contribution is -2.46. The monoisotopic (exact) mass is 278 g/mol. The number of hydrogen-bond acceptors (Lipinski definition) is 4. The van der Waals surface area contributed by atoms with Gasteiger partial charge in [0.2, 0.25) is 0 Å². The molecule has 0 fully saturated rings. The quantitative estimate of drug-likeness (QED) is 0.830. The maximum Gasteiger partial charge on any atom is 0.328 e. The minimum Gasteiger partial charge on any atom is -0.467 e. The Morgan fingerprint density at radius 1 is 1.45 bits per heavy atom. The molecule has 0 aromatic heterocycles. The van der Waals surface area contributed by atoms with Gasteiger partial charge in [-0.3, -0.25) is 4.79 Å². The van der Waals surface area contributed by atoms with Crippen LogP contribution in [0.5, 0.6) is 0 Å². The zero-order valence-electron chi connectivity index (χ0n) is 11.2.